The van der Waals surface area contributed by atoms with Crippen LogP contribution in [-0.2, 0) is 9.22 Å². The zero-order valence-electron chi connectivity index (χ0n) is 17.6. The molecule has 0 fully saturated rings. The average molecular weight is 414 g/mol. The Morgan fingerprint density at radius 2 is 1.63 bits per heavy atom. The summed E-state index contributed by atoms with van der Waals surface area (Å²) in [6.07, 6.45) is 1.01. The fraction of sp³-hybridized carbons (Fsp3) is 0.632. The molecule has 8 heteroatoms. The van der Waals surface area contributed by atoms with E-state index in [2.05, 4.69) is 57.0 Å². The highest BCUT2D eigenvalue weighted by Gasteiger charge is 2.37. The third kappa shape index (κ3) is 7.93. The largest absolute Gasteiger partial charge is 0.485 e. The lowest BCUT2D eigenvalue weighted by molar-refractivity contribution is -0.132. The molecule has 0 saturated carbocycles. The van der Waals surface area contributed by atoms with E-state index >= 15 is 0 Å². The van der Waals surface area contributed by atoms with E-state index in [1.54, 1.807) is 0 Å². The molecule has 1 rings (SSSR count). The number of likely N-dealkylation sites (N-methyl/N-ethyl adjacent to an activating group) is 3. The minimum atomic E-state index is -0.598. The van der Waals surface area contributed by atoms with Crippen LogP contribution in [0.15, 0.2) is 30.3 Å². The lowest BCUT2D eigenvalue weighted by Gasteiger charge is -2.49. The zero-order valence-corrected chi connectivity index (χ0v) is 19.8. The van der Waals surface area contributed by atoms with E-state index in [1.807, 2.05) is 30.3 Å². The number of benzene rings is 1. The van der Waals surface area contributed by atoms with Gasteiger partial charge in [0, 0.05) is 5.75 Å². The average Bonchev–Trinajstić information content (AvgIpc) is 2.62. The Bertz CT molecular complexity index is 522. The van der Waals surface area contributed by atoms with Gasteiger partial charge in [-0.15, -0.1) is 0 Å². The molecule has 1 aromatic rings. The fourth-order valence-corrected chi connectivity index (χ4v) is 5.15. The SMILES string of the molecule is CN(C)C(CO[SiH2]CCCSC(=O)COc1ccccc1)(N(C)C)N(C)C. The number of hydrogen-bond acceptors (Lipinski definition) is 7. The Labute approximate surface area is 171 Å². The highest BCUT2D eigenvalue weighted by Crippen LogP contribution is 2.19. The first-order valence-corrected chi connectivity index (χ1v) is 11.8. The van der Waals surface area contributed by atoms with Crippen LogP contribution >= 0.6 is 11.8 Å². The number of para-hydroxylation sites is 1. The van der Waals surface area contributed by atoms with Crippen molar-refractivity contribution in [2.24, 2.45) is 0 Å². The number of hydrogen-bond donors (Lipinski definition) is 0. The second kappa shape index (κ2) is 12.5. The maximum atomic E-state index is 11.9. The van der Waals surface area contributed by atoms with Crippen LogP contribution in [0.4, 0.5) is 0 Å². The van der Waals surface area contributed by atoms with Crippen LogP contribution in [0.3, 0.4) is 0 Å². The summed E-state index contributed by atoms with van der Waals surface area (Å²) in [4.78, 5) is 18.4. The molecule has 27 heavy (non-hydrogen) atoms. The second-order valence-electron chi connectivity index (χ2n) is 7.04. The number of nitrogens with zero attached hydrogens (tertiary/aromatic N) is 3. The van der Waals surface area contributed by atoms with E-state index in [4.69, 9.17) is 9.16 Å². The molecular formula is C19H35N3O3SSi. The van der Waals surface area contributed by atoms with E-state index in [1.165, 1.54) is 11.8 Å². The molecule has 0 heterocycles. The smallest absolute Gasteiger partial charge is 0.226 e. The van der Waals surface area contributed by atoms with Crippen molar-refractivity contribution in [2.75, 3.05) is 61.3 Å². The van der Waals surface area contributed by atoms with Crippen molar-refractivity contribution in [2.45, 2.75) is 18.3 Å². The van der Waals surface area contributed by atoms with Crippen LogP contribution in [0.25, 0.3) is 0 Å². The van der Waals surface area contributed by atoms with Gasteiger partial charge in [-0.2, -0.15) is 0 Å². The van der Waals surface area contributed by atoms with Gasteiger partial charge in [0.1, 0.15) is 5.75 Å². The summed E-state index contributed by atoms with van der Waals surface area (Å²) in [5, 5.41) is 0.0771. The van der Waals surface area contributed by atoms with Crippen molar-refractivity contribution in [3.05, 3.63) is 30.3 Å². The summed E-state index contributed by atoms with van der Waals surface area (Å²) in [7, 11) is 11.8. The van der Waals surface area contributed by atoms with Crippen molar-refractivity contribution >= 4 is 26.6 Å². The molecule has 0 atom stereocenters. The summed E-state index contributed by atoms with van der Waals surface area (Å²) < 4.78 is 11.6. The van der Waals surface area contributed by atoms with Crippen LogP contribution in [0.1, 0.15) is 6.42 Å². The molecular weight excluding hydrogens is 378 g/mol. The summed E-state index contributed by atoms with van der Waals surface area (Å²) in [6, 6.07) is 10.5. The predicted octanol–water partition coefficient (Wildman–Crippen LogP) is 1.57. The summed E-state index contributed by atoms with van der Waals surface area (Å²) >= 11 is 1.35. The first kappa shape index (κ1) is 24.1. The molecule has 6 nitrogen and oxygen atoms in total. The number of carbonyl (C=O) groups is 1. The number of ether oxygens (including phenoxy) is 1. The van der Waals surface area contributed by atoms with Crippen molar-refractivity contribution in [3.8, 4) is 5.75 Å². The minimum Gasteiger partial charge on any atom is -0.485 e. The van der Waals surface area contributed by atoms with Crippen LogP contribution in [0.2, 0.25) is 6.04 Å². The molecule has 0 aliphatic carbocycles. The lowest BCUT2D eigenvalue weighted by atomic mass is 10.2. The number of carbonyl (C=O) groups excluding carboxylic acids is 1. The highest BCUT2D eigenvalue weighted by atomic mass is 32.2. The summed E-state index contributed by atoms with van der Waals surface area (Å²) in [5.41, 5.74) is 0. The van der Waals surface area contributed by atoms with E-state index in [0.717, 1.165) is 24.0 Å². The molecule has 0 aliphatic rings. The highest BCUT2D eigenvalue weighted by molar-refractivity contribution is 8.13. The van der Waals surface area contributed by atoms with Gasteiger partial charge in [-0.05, 0) is 66.9 Å². The van der Waals surface area contributed by atoms with Gasteiger partial charge in [-0.3, -0.25) is 19.5 Å². The first-order chi connectivity index (χ1) is 12.8. The third-order valence-corrected chi connectivity index (χ3v) is 6.70. The molecule has 0 amide bonds. The minimum absolute atomic E-state index is 0.0771. The maximum absolute atomic E-state index is 11.9. The van der Waals surface area contributed by atoms with Gasteiger partial charge in [0.2, 0.25) is 5.12 Å². The van der Waals surface area contributed by atoms with E-state index in [-0.39, 0.29) is 17.5 Å². The van der Waals surface area contributed by atoms with Crippen molar-refractivity contribution in [3.63, 3.8) is 0 Å². The van der Waals surface area contributed by atoms with Gasteiger partial charge in [-0.25, -0.2) is 0 Å². The third-order valence-electron chi connectivity index (χ3n) is 4.49. The summed E-state index contributed by atoms with van der Waals surface area (Å²) in [5.74, 6) is 1.32. The van der Waals surface area contributed by atoms with Gasteiger partial charge in [-0.1, -0.05) is 30.0 Å². The molecule has 0 aliphatic heterocycles. The normalized spacial score (nSPS) is 12.6. The van der Waals surface area contributed by atoms with Crippen molar-refractivity contribution in [1.29, 1.82) is 0 Å². The predicted molar refractivity (Wildman–Crippen MR) is 117 cm³/mol. The first-order valence-electron chi connectivity index (χ1n) is 9.24. The molecule has 0 spiro atoms. The van der Waals surface area contributed by atoms with Crippen molar-refractivity contribution < 1.29 is 14.0 Å². The van der Waals surface area contributed by atoms with E-state index < -0.39 is 9.76 Å². The van der Waals surface area contributed by atoms with Gasteiger partial charge in [0.15, 0.2) is 22.2 Å². The Balaban J connectivity index is 2.18. The Morgan fingerprint density at radius 3 is 2.19 bits per heavy atom. The molecule has 1 aromatic carbocycles. The fourth-order valence-electron chi connectivity index (χ4n) is 2.99. The quantitative estimate of drug-likeness (QED) is 0.276. The topological polar surface area (TPSA) is 45.2 Å². The second-order valence-corrected chi connectivity index (χ2v) is 9.72. The Morgan fingerprint density at radius 1 is 1.04 bits per heavy atom. The molecule has 0 saturated heterocycles. The van der Waals surface area contributed by atoms with Crippen LogP contribution in [0.5, 0.6) is 5.75 Å². The molecule has 0 N–H and O–H groups in total. The standard InChI is InChI=1S/C19H35N3O3SSi/c1-20(2)19(21(3)4,22(5)6)16-25-27-14-10-13-26-18(23)15-24-17-11-8-7-9-12-17/h7-9,11-12H,10,13-16,27H2,1-6H3. The van der Waals surface area contributed by atoms with Crippen LogP contribution in [0, 0.1) is 0 Å². The Hall–Kier alpha value is -0.903. The molecule has 0 unspecified atom stereocenters. The number of rotatable bonds is 13. The van der Waals surface area contributed by atoms with E-state index in [9.17, 15) is 4.79 Å². The maximum Gasteiger partial charge on any atom is 0.226 e. The van der Waals surface area contributed by atoms with Crippen LogP contribution < -0.4 is 4.74 Å². The van der Waals surface area contributed by atoms with E-state index in [0.29, 0.717) is 6.61 Å². The number of thioether (sulfide) groups is 1. The van der Waals surface area contributed by atoms with Gasteiger partial charge in [0.05, 0.1) is 6.61 Å². The zero-order chi connectivity index (χ0) is 20.3. The molecule has 0 aromatic heterocycles. The lowest BCUT2D eigenvalue weighted by Crippen LogP contribution is -2.66. The van der Waals surface area contributed by atoms with Gasteiger partial charge < -0.3 is 9.16 Å². The van der Waals surface area contributed by atoms with Gasteiger partial charge >= 0.3 is 0 Å². The van der Waals surface area contributed by atoms with Crippen LogP contribution in [-0.4, -0.2) is 96.6 Å². The van der Waals surface area contributed by atoms with Crippen molar-refractivity contribution in [1.82, 2.24) is 14.7 Å². The molecule has 154 valence electrons. The Kier molecular flexibility index (Phi) is 11.2. The molecule has 0 bridgehead atoms. The monoisotopic (exact) mass is 413 g/mol. The molecule has 0 radical (unpaired) electrons. The van der Waals surface area contributed by atoms with Gasteiger partial charge in [0.25, 0.3) is 0 Å². The summed E-state index contributed by atoms with van der Waals surface area (Å²) in [6.45, 7) is 0.781.